The maximum Gasteiger partial charge on any atom is 0.241 e. The summed E-state index contributed by atoms with van der Waals surface area (Å²) in [4.78, 5) is 26.6. The zero-order valence-electron chi connectivity index (χ0n) is 13.9. The molecule has 2 N–H and O–H groups in total. The number of rotatable bonds is 5. The standard InChI is InChI=1S/C17H23Cl2N3O2/c1-3-20-17(24)12-5-4-8-22(10-12)11(2)16(23)21-15-9-13(18)6-7-14(15)19/h6-7,9,11-12H,3-5,8,10H2,1-2H3,(H,20,24)(H,21,23). The first-order valence-corrected chi connectivity index (χ1v) is 8.95. The van der Waals surface area contributed by atoms with Gasteiger partial charge in [0.05, 0.1) is 22.7 Å². The molecular weight excluding hydrogens is 349 g/mol. The number of carbonyl (C=O) groups is 2. The van der Waals surface area contributed by atoms with Crippen LogP contribution < -0.4 is 10.6 Å². The number of hydrogen-bond acceptors (Lipinski definition) is 3. The fourth-order valence-electron chi connectivity index (χ4n) is 2.89. The molecule has 1 heterocycles. The van der Waals surface area contributed by atoms with Crippen LogP contribution in [0.5, 0.6) is 0 Å². The van der Waals surface area contributed by atoms with E-state index in [1.807, 2.05) is 18.7 Å². The van der Waals surface area contributed by atoms with E-state index in [0.29, 0.717) is 28.8 Å². The summed E-state index contributed by atoms with van der Waals surface area (Å²) in [5.74, 6) is -0.160. The maximum atomic E-state index is 12.5. The van der Waals surface area contributed by atoms with Crippen molar-refractivity contribution in [1.82, 2.24) is 10.2 Å². The lowest BCUT2D eigenvalue weighted by molar-refractivity contribution is -0.129. The van der Waals surface area contributed by atoms with Crippen LogP contribution in [0.4, 0.5) is 5.69 Å². The molecule has 1 aliphatic rings. The van der Waals surface area contributed by atoms with Gasteiger partial charge < -0.3 is 10.6 Å². The molecule has 0 bridgehead atoms. The largest absolute Gasteiger partial charge is 0.356 e. The number of nitrogens with zero attached hydrogens (tertiary/aromatic N) is 1. The van der Waals surface area contributed by atoms with E-state index < -0.39 is 0 Å². The molecular formula is C17H23Cl2N3O2. The highest BCUT2D eigenvalue weighted by atomic mass is 35.5. The summed E-state index contributed by atoms with van der Waals surface area (Å²) in [6, 6.07) is 4.60. The number of hydrogen-bond donors (Lipinski definition) is 2. The van der Waals surface area contributed by atoms with Crippen molar-refractivity contribution in [2.45, 2.75) is 32.7 Å². The van der Waals surface area contributed by atoms with Gasteiger partial charge in [0.1, 0.15) is 0 Å². The predicted octanol–water partition coefficient (Wildman–Crippen LogP) is 3.17. The Hall–Kier alpha value is -1.30. The summed E-state index contributed by atoms with van der Waals surface area (Å²) >= 11 is 12.0. The zero-order valence-corrected chi connectivity index (χ0v) is 15.5. The van der Waals surface area contributed by atoms with Gasteiger partial charge >= 0.3 is 0 Å². The fourth-order valence-corrected chi connectivity index (χ4v) is 3.22. The van der Waals surface area contributed by atoms with E-state index in [9.17, 15) is 9.59 Å². The Bertz CT molecular complexity index is 609. The van der Waals surface area contributed by atoms with Crippen molar-refractivity contribution in [3.8, 4) is 0 Å². The highest BCUT2D eigenvalue weighted by Crippen LogP contribution is 2.26. The second kappa shape index (κ2) is 8.70. The van der Waals surface area contributed by atoms with Crippen molar-refractivity contribution in [2.24, 2.45) is 5.92 Å². The monoisotopic (exact) mass is 371 g/mol. The van der Waals surface area contributed by atoms with Crippen molar-refractivity contribution < 1.29 is 9.59 Å². The summed E-state index contributed by atoms with van der Waals surface area (Å²) in [5.41, 5.74) is 0.498. The average molecular weight is 372 g/mol. The topological polar surface area (TPSA) is 61.4 Å². The van der Waals surface area contributed by atoms with Gasteiger partial charge in [-0.15, -0.1) is 0 Å². The lowest BCUT2D eigenvalue weighted by Crippen LogP contribution is -2.50. The molecule has 0 saturated carbocycles. The van der Waals surface area contributed by atoms with E-state index in [0.717, 1.165) is 19.4 Å². The fraction of sp³-hybridized carbons (Fsp3) is 0.529. The van der Waals surface area contributed by atoms with Gasteiger partial charge in [-0.3, -0.25) is 14.5 Å². The Balaban J connectivity index is 1.99. The van der Waals surface area contributed by atoms with Gasteiger partial charge in [0, 0.05) is 18.1 Å². The normalized spacial score (nSPS) is 19.6. The summed E-state index contributed by atoms with van der Waals surface area (Å²) in [7, 11) is 0. The van der Waals surface area contributed by atoms with Gasteiger partial charge in [0.2, 0.25) is 11.8 Å². The van der Waals surface area contributed by atoms with Crippen LogP contribution in [0.25, 0.3) is 0 Å². The molecule has 2 unspecified atom stereocenters. The number of anilines is 1. The smallest absolute Gasteiger partial charge is 0.241 e. The van der Waals surface area contributed by atoms with E-state index in [2.05, 4.69) is 10.6 Å². The van der Waals surface area contributed by atoms with E-state index in [-0.39, 0.29) is 23.8 Å². The molecule has 1 aliphatic heterocycles. The van der Waals surface area contributed by atoms with Gasteiger partial charge in [-0.1, -0.05) is 23.2 Å². The van der Waals surface area contributed by atoms with Crippen molar-refractivity contribution in [1.29, 1.82) is 0 Å². The third kappa shape index (κ3) is 4.85. The van der Waals surface area contributed by atoms with Crippen molar-refractivity contribution in [3.63, 3.8) is 0 Å². The van der Waals surface area contributed by atoms with Crippen LogP contribution in [0.3, 0.4) is 0 Å². The predicted molar refractivity (Wildman–Crippen MR) is 97.5 cm³/mol. The molecule has 1 aromatic rings. The van der Waals surface area contributed by atoms with Gasteiger partial charge in [-0.05, 0) is 51.4 Å². The summed E-state index contributed by atoms with van der Waals surface area (Å²) in [6.45, 7) is 5.76. The van der Waals surface area contributed by atoms with E-state index in [1.165, 1.54) is 0 Å². The molecule has 0 aliphatic carbocycles. The Morgan fingerprint density at radius 2 is 2.12 bits per heavy atom. The molecule has 5 nitrogen and oxygen atoms in total. The number of amides is 2. The number of nitrogens with one attached hydrogen (secondary N) is 2. The van der Waals surface area contributed by atoms with Gasteiger partial charge in [-0.2, -0.15) is 0 Å². The Morgan fingerprint density at radius 1 is 1.38 bits per heavy atom. The van der Waals surface area contributed by atoms with Crippen LogP contribution in [0.1, 0.15) is 26.7 Å². The second-order valence-corrected chi connectivity index (χ2v) is 6.86. The minimum Gasteiger partial charge on any atom is -0.356 e. The molecule has 2 atom stereocenters. The first-order valence-electron chi connectivity index (χ1n) is 8.20. The van der Waals surface area contributed by atoms with Crippen LogP contribution in [0, 0.1) is 5.92 Å². The lowest BCUT2D eigenvalue weighted by atomic mass is 9.96. The van der Waals surface area contributed by atoms with Crippen LogP contribution in [-0.4, -0.2) is 42.4 Å². The third-order valence-corrected chi connectivity index (χ3v) is 4.85. The van der Waals surface area contributed by atoms with E-state index in [1.54, 1.807) is 18.2 Å². The van der Waals surface area contributed by atoms with Crippen molar-refractivity contribution in [2.75, 3.05) is 25.0 Å². The highest BCUT2D eigenvalue weighted by Gasteiger charge is 2.30. The molecule has 1 fully saturated rings. The SMILES string of the molecule is CCNC(=O)C1CCCN(C(C)C(=O)Nc2cc(Cl)ccc2Cl)C1. The van der Waals surface area contributed by atoms with Crippen LogP contribution in [0.2, 0.25) is 10.0 Å². The van der Waals surface area contributed by atoms with Gasteiger partial charge in [-0.25, -0.2) is 0 Å². The number of benzene rings is 1. The molecule has 0 spiro atoms. The Labute approximate surface area is 152 Å². The quantitative estimate of drug-likeness (QED) is 0.835. The van der Waals surface area contributed by atoms with Gasteiger partial charge in [0.25, 0.3) is 0 Å². The van der Waals surface area contributed by atoms with Crippen LogP contribution in [-0.2, 0) is 9.59 Å². The maximum absolute atomic E-state index is 12.5. The number of halogens is 2. The summed E-state index contributed by atoms with van der Waals surface area (Å²) in [6.07, 6.45) is 1.76. The van der Waals surface area contributed by atoms with E-state index >= 15 is 0 Å². The zero-order chi connectivity index (χ0) is 17.7. The van der Waals surface area contributed by atoms with Crippen molar-refractivity contribution >= 4 is 40.7 Å². The minimum atomic E-state index is -0.350. The molecule has 0 radical (unpaired) electrons. The number of piperidine rings is 1. The highest BCUT2D eigenvalue weighted by molar-refractivity contribution is 6.35. The summed E-state index contributed by atoms with van der Waals surface area (Å²) in [5, 5.41) is 6.63. The molecule has 24 heavy (non-hydrogen) atoms. The third-order valence-electron chi connectivity index (χ3n) is 4.29. The lowest BCUT2D eigenvalue weighted by Gasteiger charge is -2.35. The average Bonchev–Trinajstić information content (AvgIpc) is 2.57. The van der Waals surface area contributed by atoms with Crippen LogP contribution >= 0.6 is 23.2 Å². The van der Waals surface area contributed by atoms with Gasteiger partial charge in [0.15, 0.2) is 0 Å². The Kier molecular flexibility index (Phi) is 6.90. The van der Waals surface area contributed by atoms with Crippen LogP contribution in [0.15, 0.2) is 18.2 Å². The molecule has 2 rings (SSSR count). The first kappa shape index (κ1) is 19.0. The molecule has 2 amide bonds. The molecule has 7 heteroatoms. The Morgan fingerprint density at radius 3 is 2.83 bits per heavy atom. The summed E-state index contributed by atoms with van der Waals surface area (Å²) < 4.78 is 0. The van der Waals surface area contributed by atoms with E-state index in [4.69, 9.17) is 23.2 Å². The minimum absolute atomic E-state index is 0.0627. The molecule has 132 valence electrons. The number of likely N-dealkylation sites (tertiary alicyclic amines) is 1. The number of carbonyl (C=O) groups excluding carboxylic acids is 2. The second-order valence-electron chi connectivity index (χ2n) is 6.02. The van der Waals surface area contributed by atoms with Crippen molar-refractivity contribution in [3.05, 3.63) is 28.2 Å². The molecule has 0 aromatic heterocycles. The first-order chi connectivity index (χ1) is 11.4. The molecule has 1 aromatic carbocycles. The molecule has 1 saturated heterocycles.